The number of carbonyl (C=O) groups excluding carboxylic acids is 2. The van der Waals surface area contributed by atoms with E-state index in [-0.39, 0.29) is 6.61 Å². The van der Waals surface area contributed by atoms with Crippen LogP contribution in [0.15, 0.2) is 0 Å². The number of hydrogen-bond acceptors (Lipinski definition) is 10. The van der Waals surface area contributed by atoms with E-state index >= 15 is 0 Å². The third-order valence-electron chi connectivity index (χ3n) is 5.80. The SMILES string of the molecule is CC1(C)OCC(C2C3OC(=O)[C@@H](O)[C@@]24NC(=O)OC4C(O)[C@]3(O)CO)O1. The molecule has 0 aromatic carbocycles. The first-order valence-corrected chi connectivity index (χ1v) is 8.27. The first-order chi connectivity index (χ1) is 12.1. The number of aliphatic hydroxyl groups is 4. The Morgan fingerprint density at radius 2 is 1.88 bits per heavy atom. The highest BCUT2D eigenvalue weighted by Crippen LogP contribution is 2.53. The maximum absolute atomic E-state index is 12.2. The normalized spacial score (nSPS) is 52.1. The molecule has 4 fully saturated rings. The van der Waals surface area contributed by atoms with Crippen molar-refractivity contribution in [2.45, 2.75) is 61.3 Å². The van der Waals surface area contributed by atoms with Gasteiger partial charge < -0.3 is 44.7 Å². The maximum Gasteiger partial charge on any atom is 0.408 e. The van der Waals surface area contributed by atoms with Crippen LogP contribution in [0.1, 0.15) is 13.8 Å². The van der Waals surface area contributed by atoms with E-state index in [1.165, 1.54) is 0 Å². The fourth-order valence-corrected chi connectivity index (χ4v) is 4.63. The lowest BCUT2D eigenvalue weighted by molar-refractivity contribution is -0.300. The van der Waals surface area contributed by atoms with E-state index in [0.717, 1.165) is 0 Å². The Labute approximate surface area is 147 Å². The third-order valence-corrected chi connectivity index (χ3v) is 5.80. The second kappa shape index (κ2) is 5.27. The van der Waals surface area contributed by atoms with Crippen LogP contribution >= 0.6 is 0 Å². The molecular formula is C15H21NO10. The second-order valence-corrected chi connectivity index (χ2v) is 7.63. The Balaban J connectivity index is 1.88. The van der Waals surface area contributed by atoms with Gasteiger partial charge >= 0.3 is 12.1 Å². The number of rotatable bonds is 2. The van der Waals surface area contributed by atoms with E-state index in [2.05, 4.69) is 5.32 Å². The monoisotopic (exact) mass is 375 g/mol. The lowest BCUT2D eigenvalue weighted by Crippen LogP contribution is -2.85. The van der Waals surface area contributed by atoms with Gasteiger partial charge in [0.05, 0.1) is 25.2 Å². The molecule has 0 aromatic heterocycles. The van der Waals surface area contributed by atoms with E-state index < -0.39 is 72.0 Å². The van der Waals surface area contributed by atoms with E-state index in [9.17, 15) is 30.0 Å². The average molecular weight is 375 g/mol. The number of carbonyl (C=O) groups is 2. The van der Waals surface area contributed by atoms with Crippen LogP contribution in [0.2, 0.25) is 0 Å². The van der Waals surface area contributed by atoms with Crippen molar-refractivity contribution in [3.8, 4) is 0 Å². The Morgan fingerprint density at radius 3 is 2.46 bits per heavy atom. The number of fused-ring (bicyclic) bond motifs is 1. The largest absolute Gasteiger partial charge is 0.457 e. The molecule has 4 aliphatic rings. The topological polar surface area (TPSA) is 164 Å². The summed E-state index contributed by atoms with van der Waals surface area (Å²) in [6.45, 7) is 2.35. The zero-order valence-corrected chi connectivity index (χ0v) is 14.1. The number of esters is 1. The summed E-state index contributed by atoms with van der Waals surface area (Å²) < 4.78 is 21.6. The molecule has 0 radical (unpaired) electrons. The first-order valence-electron chi connectivity index (χ1n) is 8.27. The molecule has 1 aliphatic carbocycles. The van der Waals surface area contributed by atoms with Crippen molar-refractivity contribution in [3.63, 3.8) is 0 Å². The lowest BCUT2D eigenvalue weighted by atomic mass is 9.57. The Bertz CT molecular complexity index is 654. The number of hydrogen-bond donors (Lipinski definition) is 5. The predicted octanol–water partition coefficient (Wildman–Crippen LogP) is -3.01. The summed E-state index contributed by atoms with van der Waals surface area (Å²) in [4.78, 5) is 24.2. The quantitative estimate of drug-likeness (QED) is 0.314. The molecule has 8 atom stereocenters. The molecule has 5 N–H and O–H groups in total. The van der Waals surface area contributed by atoms with E-state index in [0.29, 0.717) is 0 Å². The minimum absolute atomic E-state index is 0.0143. The highest BCUT2D eigenvalue weighted by atomic mass is 16.7. The summed E-state index contributed by atoms with van der Waals surface area (Å²) in [6.07, 6.45) is -8.47. The van der Waals surface area contributed by atoms with Gasteiger partial charge in [-0.25, -0.2) is 9.59 Å². The van der Waals surface area contributed by atoms with Gasteiger partial charge in [-0.1, -0.05) is 0 Å². The summed E-state index contributed by atoms with van der Waals surface area (Å²) in [7, 11) is 0. The molecule has 11 heteroatoms. The average Bonchev–Trinajstić information content (AvgIpc) is 3.10. The number of amides is 1. The Hall–Kier alpha value is -1.50. The molecule has 11 nitrogen and oxygen atoms in total. The number of ether oxygens (including phenoxy) is 4. The van der Waals surface area contributed by atoms with E-state index in [1.807, 2.05) is 0 Å². The number of alkyl carbamates (subject to hydrolysis) is 1. The van der Waals surface area contributed by atoms with Crippen molar-refractivity contribution < 1.29 is 49.0 Å². The van der Waals surface area contributed by atoms with Gasteiger partial charge in [-0.3, -0.25) is 0 Å². The van der Waals surface area contributed by atoms with Gasteiger partial charge in [0.25, 0.3) is 0 Å². The fraction of sp³-hybridized carbons (Fsp3) is 0.867. The maximum atomic E-state index is 12.2. The van der Waals surface area contributed by atoms with E-state index in [1.54, 1.807) is 13.8 Å². The van der Waals surface area contributed by atoms with Crippen LogP contribution in [0.4, 0.5) is 4.79 Å². The Morgan fingerprint density at radius 1 is 1.19 bits per heavy atom. The van der Waals surface area contributed by atoms with Gasteiger partial charge in [0, 0.05) is 0 Å². The molecule has 0 aromatic rings. The molecule has 2 bridgehead atoms. The first kappa shape index (κ1) is 17.9. The van der Waals surface area contributed by atoms with Gasteiger partial charge in [-0.05, 0) is 13.8 Å². The van der Waals surface area contributed by atoms with E-state index in [4.69, 9.17) is 18.9 Å². The van der Waals surface area contributed by atoms with Crippen LogP contribution in [0, 0.1) is 5.92 Å². The van der Waals surface area contributed by atoms with Gasteiger partial charge in [0.1, 0.15) is 17.7 Å². The standard InChI is InChI=1S/C15H21NO10/c1-13(2)23-3-5(26-13)6-9-14(22,4-17)7(18)10-15(6,16-12(21)25-10)8(19)11(20)24-9/h5-10,17-19,22H,3-4H2,1-2H3,(H,16,21)/t5?,6?,7?,8-,9?,10?,14-,15+/m1/s1. The molecular weight excluding hydrogens is 354 g/mol. The van der Waals surface area contributed by atoms with Crippen molar-refractivity contribution in [2.75, 3.05) is 13.2 Å². The summed E-state index contributed by atoms with van der Waals surface area (Å²) in [5.74, 6) is -3.15. The lowest BCUT2D eigenvalue weighted by Gasteiger charge is -2.59. The van der Waals surface area contributed by atoms with Crippen LogP contribution in [0.3, 0.4) is 0 Å². The van der Waals surface area contributed by atoms with Crippen molar-refractivity contribution in [1.82, 2.24) is 5.32 Å². The molecule has 3 heterocycles. The highest BCUT2D eigenvalue weighted by Gasteiger charge is 2.78. The van der Waals surface area contributed by atoms with Crippen molar-refractivity contribution in [2.24, 2.45) is 5.92 Å². The van der Waals surface area contributed by atoms with Crippen LogP contribution in [-0.2, 0) is 23.7 Å². The summed E-state index contributed by atoms with van der Waals surface area (Å²) in [6, 6.07) is 0. The molecule has 1 amide bonds. The van der Waals surface area contributed by atoms with Crippen LogP contribution in [0.5, 0.6) is 0 Å². The summed E-state index contributed by atoms with van der Waals surface area (Å²) >= 11 is 0. The highest BCUT2D eigenvalue weighted by molar-refractivity contribution is 5.83. The zero-order chi connectivity index (χ0) is 19.1. The van der Waals surface area contributed by atoms with Crippen LogP contribution < -0.4 is 5.32 Å². The van der Waals surface area contributed by atoms with Crippen molar-refractivity contribution >= 4 is 12.1 Å². The summed E-state index contributed by atoms with van der Waals surface area (Å²) in [5.41, 5.74) is -4.12. The van der Waals surface area contributed by atoms with Crippen molar-refractivity contribution in [3.05, 3.63) is 0 Å². The number of aliphatic hydroxyl groups excluding tert-OH is 3. The molecule has 4 rings (SSSR count). The van der Waals surface area contributed by atoms with Gasteiger partial charge in [0.2, 0.25) is 0 Å². The molecule has 1 saturated carbocycles. The Kier molecular flexibility index (Phi) is 3.63. The van der Waals surface area contributed by atoms with Gasteiger partial charge in [-0.15, -0.1) is 0 Å². The third kappa shape index (κ3) is 2.03. The molecule has 146 valence electrons. The molecule has 1 spiro atoms. The number of nitrogens with one attached hydrogen (secondary N) is 1. The second-order valence-electron chi connectivity index (χ2n) is 7.63. The smallest absolute Gasteiger partial charge is 0.408 e. The minimum atomic E-state index is -2.32. The summed E-state index contributed by atoms with van der Waals surface area (Å²) in [5, 5.41) is 44.2. The van der Waals surface area contributed by atoms with Crippen LogP contribution in [-0.4, -0.2) is 93.1 Å². The molecule has 26 heavy (non-hydrogen) atoms. The van der Waals surface area contributed by atoms with Crippen molar-refractivity contribution in [1.29, 1.82) is 0 Å². The predicted molar refractivity (Wildman–Crippen MR) is 78.5 cm³/mol. The zero-order valence-electron chi connectivity index (χ0n) is 14.1. The minimum Gasteiger partial charge on any atom is -0.457 e. The van der Waals surface area contributed by atoms with Gasteiger partial charge in [0.15, 0.2) is 23.6 Å². The van der Waals surface area contributed by atoms with Crippen LogP contribution in [0.25, 0.3) is 0 Å². The molecule has 3 saturated heterocycles. The molecule has 3 aliphatic heterocycles. The van der Waals surface area contributed by atoms with Gasteiger partial charge in [-0.2, -0.15) is 0 Å². The molecule has 5 unspecified atom stereocenters. The fourth-order valence-electron chi connectivity index (χ4n) is 4.63.